The molecule has 2 atom stereocenters. The molecule has 2 aliphatic rings. The van der Waals surface area contributed by atoms with Gasteiger partial charge < -0.3 is 9.72 Å². The average Bonchev–Trinajstić information content (AvgIpc) is 3.24. The van der Waals surface area contributed by atoms with Gasteiger partial charge in [0.25, 0.3) is 0 Å². The van der Waals surface area contributed by atoms with Gasteiger partial charge in [0.05, 0.1) is 13.0 Å². The highest BCUT2D eigenvalue weighted by molar-refractivity contribution is 8.20. The first kappa shape index (κ1) is 17.3. The van der Waals surface area contributed by atoms with E-state index >= 15 is 0 Å². The second kappa shape index (κ2) is 6.92. The molecular formula is C20H25NO2S2. The van der Waals surface area contributed by atoms with E-state index in [1.165, 1.54) is 22.2 Å². The number of H-pyrrole nitrogens is 1. The number of esters is 1. The fraction of sp³-hybridized carbons (Fsp3) is 0.550. The molecule has 1 aromatic carbocycles. The molecular weight excluding hydrogens is 350 g/mol. The van der Waals surface area contributed by atoms with Gasteiger partial charge in [-0.05, 0) is 30.9 Å². The van der Waals surface area contributed by atoms with Crippen LogP contribution in [0, 0.1) is 11.8 Å². The molecule has 1 aliphatic heterocycles. The molecule has 1 fully saturated rings. The summed E-state index contributed by atoms with van der Waals surface area (Å²) in [6.07, 6.45) is 2.69. The molecule has 0 amide bonds. The van der Waals surface area contributed by atoms with Crippen molar-refractivity contribution in [3.05, 3.63) is 35.5 Å². The number of para-hydroxylation sites is 1. The largest absolute Gasteiger partial charge is 0.466 e. The van der Waals surface area contributed by atoms with Gasteiger partial charge in [-0.1, -0.05) is 31.5 Å². The van der Waals surface area contributed by atoms with E-state index in [0.717, 1.165) is 24.3 Å². The van der Waals surface area contributed by atoms with Crippen molar-refractivity contribution in [3.8, 4) is 0 Å². The Morgan fingerprint density at radius 3 is 2.76 bits per heavy atom. The summed E-state index contributed by atoms with van der Waals surface area (Å²) in [6.45, 7) is 4.62. The van der Waals surface area contributed by atoms with Crippen LogP contribution in [0.15, 0.2) is 24.3 Å². The van der Waals surface area contributed by atoms with Gasteiger partial charge in [-0.25, -0.2) is 0 Å². The summed E-state index contributed by atoms with van der Waals surface area (Å²) >= 11 is 4.07. The number of nitrogens with one attached hydrogen (secondary N) is 1. The van der Waals surface area contributed by atoms with Crippen molar-refractivity contribution in [2.24, 2.45) is 11.8 Å². The maximum absolute atomic E-state index is 12.3. The molecule has 0 radical (unpaired) electrons. The van der Waals surface area contributed by atoms with Crippen molar-refractivity contribution in [2.75, 3.05) is 18.1 Å². The van der Waals surface area contributed by atoms with E-state index in [4.69, 9.17) is 4.74 Å². The first-order valence-electron chi connectivity index (χ1n) is 9.23. The van der Waals surface area contributed by atoms with Crippen LogP contribution < -0.4 is 0 Å². The van der Waals surface area contributed by atoms with Gasteiger partial charge in [-0.3, -0.25) is 4.79 Å². The first-order valence-corrected chi connectivity index (χ1v) is 11.2. The predicted molar refractivity (Wildman–Crippen MR) is 107 cm³/mol. The Hall–Kier alpha value is -1.07. The van der Waals surface area contributed by atoms with Crippen LogP contribution >= 0.6 is 23.5 Å². The molecule has 0 saturated carbocycles. The summed E-state index contributed by atoms with van der Waals surface area (Å²) < 4.78 is 5.29. The summed E-state index contributed by atoms with van der Waals surface area (Å²) in [5.41, 5.74) is 4.07. The minimum absolute atomic E-state index is 0.0277. The molecule has 3 nitrogen and oxygen atoms in total. The van der Waals surface area contributed by atoms with E-state index in [1.54, 1.807) is 0 Å². The number of fused-ring (bicyclic) bond motifs is 4. The number of thioether (sulfide) groups is 2. The van der Waals surface area contributed by atoms with E-state index in [1.807, 2.05) is 30.4 Å². The van der Waals surface area contributed by atoms with Crippen LogP contribution in [-0.4, -0.2) is 29.1 Å². The molecule has 25 heavy (non-hydrogen) atoms. The molecule has 5 heteroatoms. The zero-order chi connectivity index (χ0) is 17.4. The number of benzene rings is 1. The quantitative estimate of drug-likeness (QED) is 0.768. The fourth-order valence-corrected chi connectivity index (χ4v) is 8.25. The molecule has 2 aromatic rings. The summed E-state index contributed by atoms with van der Waals surface area (Å²) in [7, 11) is 0. The van der Waals surface area contributed by atoms with Gasteiger partial charge in [0.1, 0.15) is 4.08 Å². The monoisotopic (exact) mass is 375 g/mol. The zero-order valence-electron chi connectivity index (χ0n) is 14.8. The molecule has 1 aromatic heterocycles. The second-order valence-electron chi connectivity index (χ2n) is 6.88. The average molecular weight is 376 g/mol. The summed E-state index contributed by atoms with van der Waals surface area (Å²) in [5.74, 6) is 3.10. The van der Waals surface area contributed by atoms with Crippen LogP contribution in [0.2, 0.25) is 0 Å². The Balaban J connectivity index is 1.83. The number of hydrogen-bond acceptors (Lipinski definition) is 4. The Morgan fingerprint density at radius 1 is 1.28 bits per heavy atom. The summed E-state index contributed by atoms with van der Waals surface area (Å²) in [6, 6.07) is 8.64. The molecule has 1 spiro atoms. The molecule has 134 valence electrons. The molecule has 1 saturated heterocycles. The predicted octanol–water partition coefficient (Wildman–Crippen LogP) is 4.95. The maximum atomic E-state index is 12.3. The summed E-state index contributed by atoms with van der Waals surface area (Å²) in [5, 5.41) is 1.36. The van der Waals surface area contributed by atoms with Crippen molar-refractivity contribution in [2.45, 2.75) is 37.2 Å². The molecule has 2 unspecified atom stereocenters. The van der Waals surface area contributed by atoms with E-state index in [-0.39, 0.29) is 10.0 Å². The third-order valence-corrected chi connectivity index (χ3v) is 9.27. The van der Waals surface area contributed by atoms with Crippen LogP contribution in [0.4, 0.5) is 0 Å². The highest BCUT2D eigenvalue weighted by atomic mass is 32.2. The minimum atomic E-state index is -0.0435. The first-order chi connectivity index (χ1) is 12.2. The molecule has 1 aliphatic carbocycles. The number of carbonyl (C=O) groups is 1. The smallest absolute Gasteiger partial charge is 0.306 e. The van der Waals surface area contributed by atoms with Gasteiger partial charge in [0, 0.05) is 34.0 Å². The lowest BCUT2D eigenvalue weighted by molar-refractivity contribution is -0.144. The SMILES string of the molecule is CCOC(=O)CC1C(CC)Cc2c([nH]c3ccccc23)C12SCCS2. The lowest BCUT2D eigenvalue weighted by Gasteiger charge is -2.44. The zero-order valence-corrected chi connectivity index (χ0v) is 16.5. The number of rotatable bonds is 4. The van der Waals surface area contributed by atoms with E-state index in [0.29, 0.717) is 24.9 Å². The van der Waals surface area contributed by atoms with Crippen molar-refractivity contribution in [1.82, 2.24) is 4.98 Å². The third-order valence-electron chi connectivity index (χ3n) is 5.62. The number of ether oxygens (including phenoxy) is 1. The Morgan fingerprint density at radius 2 is 2.04 bits per heavy atom. The number of aromatic amines is 1. The summed E-state index contributed by atoms with van der Waals surface area (Å²) in [4.78, 5) is 16.1. The van der Waals surface area contributed by atoms with Crippen molar-refractivity contribution < 1.29 is 9.53 Å². The van der Waals surface area contributed by atoms with Gasteiger partial charge in [0.15, 0.2) is 0 Å². The fourth-order valence-electron chi connectivity index (χ4n) is 4.53. The molecule has 4 rings (SSSR count). The molecule has 2 heterocycles. The lowest BCUT2D eigenvalue weighted by Crippen LogP contribution is -2.40. The Bertz CT molecular complexity index is 779. The van der Waals surface area contributed by atoms with Crippen LogP contribution in [0.5, 0.6) is 0 Å². The lowest BCUT2D eigenvalue weighted by atomic mass is 9.74. The third kappa shape index (κ3) is 2.80. The standard InChI is InChI=1S/C20H25NO2S2/c1-3-13-11-15-14-7-5-6-8-17(14)21-19(15)20(24-9-10-25-20)16(13)12-18(22)23-4-2/h5-8,13,16,21H,3-4,9-12H2,1-2H3. The van der Waals surface area contributed by atoms with Crippen LogP contribution in [-0.2, 0) is 20.0 Å². The van der Waals surface area contributed by atoms with E-state index < -0.39 is 0 Å². The van der Waals surface area contributed by atoms with Gasteiger partial charge >= 0.3 is 5.97 Å². The van der Waals surface area contributed by atoms with Gasteiger partial charge in [-0.2, -0.15) is 0 Å². The normalized spacial score (nSPS) is 24.6. The highest BCUT2D eigenvalue weighted by Gasteiger charge is 2.53. The van der Waals surface area contributed by atoms with Crippen molar-refractivity contribution in [1.29, 1.82) is 0 Å². The topological polar surface area (TPSA) is 42.1 Å². The minimum Gasteiger partial charge on any atom is -0.466 e. The van der Waals surface area contributed by atoms with Crippen molar-refractivity contribution >= 4 is 40.4 Å². The van der Waals surface area contributed by atoms with Crippen LogP contribution in [0.1, 0.15) is 37.9 Å². The number of carbonyl (C=O) groups excluding carboxylic acids is 1. The Kier molecular flexibility index (Phi) is 4.80. The van der Waals surface area contributed by atoms with E-state index in [9.17, 15) is 4.79 Å². The molecule has 1 N–H and O–H groups in total. The van der Waals surface area contributed by atoms with Crippen LogP contribution in [0.3, 0.4) is 0 Å². The molecule has 0 bridgehead atoms. The number of hydrogen-bond donors (Lipinski definition) is 1. The van der Waals surface area contributed by atoms with Crippen molar-refractivity contribution in [3.63, 3.8) is 0 Å². The number of aromatic nitrogens is 1. The van der Waals surface area contributed by atoms with E-state index in [2.05, 4.69) is 36.2 Å². The van der Waals surface area contributed by atoms with Gasteiger partial charge in [-0.15, -0.1) is 23.5 Å². The highest BCUT2D eigenvalue weighted by Crippen LogP contribution is 2.63. The second-order valence-corrected chi connectivity index (χ2v) is 9.82. The van der Waals surface area contributed by atoms with Gasteiger partial charge in [0.2, 0.25) is 0 Å². The van der Waals surface area contributed by atoms with Crippen LogP contribution in [0.25, 0.3) is 10.9 Å². The maximum Gasteiger partial charge on any atom is 0.306 e. The Labute approximate surface area is 157 Å².